The quantitative estimate of drug-likeness (QED) is 0.516. The second-order valence-electron chi connectivity index (χ2n) is 7.39. The number of methoxy groups -OCH3 is 2. The van der Waals surface area contributed by atoms with Crippen molar-refractivity contribution in [1.29, 1.82) is 0 Å². The van der Waals surface area contributed by atoms with Crippen LogP contribution in [-0.2, 0) is 4.74 Å². The first-order chi connectivity index (χ1) is 14.9. The number of benzene rings is 1. The molecule has 0 spiro atoms. The number of halogens is 2. The normalized spacial score (nSPS) is 22.4. The summed E-state index contributed by atoms with van der Waals surface area (Å²) in [7, 11) is 3.29. The molecule has 0 aliphatic heterocycles. The summed E-state index contributed by atoms with van der Waals surface area (Å²) >= 11 is 13.9. The van der Waals surface area contributed by atoms with Crippen LogP contribution in [0, 0.1) is 0 Å². The Morgan fingerprint density at radius 1 is 1.16 bits per heavy atom. The van der Waals surface area contributed by atoms with Crippen LogP contribution in [0.25, 0.3) is 16.7 Å². The van der Waals surface area contributed by atoms with Gasteiger partial charge in [-0.15, -0.1) is 11.6 Å². The minimum absolute atomic E-state index is 0.310. The fourth-order valence-corrected chi connectivity index (χ4v) is 4.60. The van der Waals surface area contributed by atoms with Crippen LogP contribution < -0.4 is 10.1 Å². The molecule has 0 saturated carbocycles. The number of nitrogens with one attached hydrogen (secondary N) is 2. The number of fused-ring (bicyclic) bond motifs is 1. The monoisotopic (exact) mass is 459 g/mol. The van der Waals surface area contributed by atoms with Gasteiger partial charge in [-0.3, -0.25) is 0 Å². The van der Waals surface area contributed by atoms with Crippen LogP contribution in [0.3, 0.4) is 0 Å². The van der Waals surface area contributed by atoms with Gasteiger partial charge in [0.25, 0.3) is 0 Å². The van der Waals surface area contributed by atoms with Gasteiger partial charge in [0.05, 0.1) is 19.5 Å². The minimum Gasteiger partial charge on any atom is -0.497 e. The molecule has 31 heavy (non-hydrogen) atoms. The smallest absolute Gasteiger partial charge is 0.182 e. The van der Waals surface area contributed by atoms with Gasteiger partial charge in [0.1, 0.15) is 28.6 Å². The fourth-order valence-electron chi connectivity index (χ4n) is 3.90. The Morgan fingerprint density at radius 3 is 2.58 bits per heavy atom. The van der Waals surface area contributed by atoms with Gasteiger partial charge in [0, 0.05) is 12.1 Å². The zero-order chi connectivity index (χ0) is 22.2. The summed E-state index contributed by atoms with van der Waals surface area (Å²) in [6.07, 6.45) is 4.42. The number of alkyl halides is 1. The summed E-state index contributed by atoms with van der Waals surface area (Å²) in [5.41, 5.74) is 4.09. The summed E-state index contributed by atoms with van der Waals surface area (Å²) in [6.45, 7) is 3.94. The van der Waals surface area contributed by atoms with Crippen LogP contribution in [0.5, 0.6) is 5.75 Å². The molecule has 0 fully saturated rings. The maximum atomic E-state index is 7.25. The molecule has 3 aromatic rings. The van der Waals surface area contributed by atoms with Crippen molar-refractivity contribution < 1.29 is 9.47 Å². The average Bonchev–Trinajstić information content (AvgIpc) is 3.26. The van der Waals surface area contributed by atoms with Crippen molar-refractivity contribution in [1.82, 2.24) is 19.9 Å². The number of ether oxygens (including phenoxy) is 2. The van der Waals surface area contributed by atoms with E-state index in [0.29, 0.717) is 22.0 Å². The lowest BCUT2D eigenvalue weighted by Gasteiger charge is -2.42. The van der Waals surface area contributed by atoms with Crippen LogP contribution in [0.2, 0.25) is 0 Å². The highest BCUT2D eigenvalue weighted by Gasteiger charge is 2.47. The van der Waals surface area contributed by atoms with Crippen molar-refractivity contribution in [2.24, 2.45) is 0 Å². The number of anilines is 1. The van der Waals surface area contributed by atoms with Crippen molar-refractivity contribution in [3.8, 4) is 5.75 Å². The molecule has 9 heteroatoms. The second kappa shape index (κ2) is 8.49. The van der Waals surface area contributed by atoms with Gasteiger partial charge < -0.3 is 19.8 Å². The minimum atomic E-state index is -0.988. The van der Waals surface area contributed by atoms with Crippen LogP contribution in [-0.4, -0.2) is 51.2 Å². The van der Waals surface area contributed by atoms with Crippen LogP contribution >= 0.6 is 23.2 Å². The predicted molar refractivity (Wildman–Crippen MR) is 124 cm³/mol. The molecule has 0 radical (unpaired) electrons. The molecule has 4 rings (SSSR count). The van der Waals surface area contributed by atoms with E-state index in [1.54, 1.807) is 20.5 Å². The first-order valence-electron chi connectivity index (χ1n) is 9.75. The Kier molecular flexibility index (Phi) is 5.92. The van der Waals surface area contributed by atoms with Gasteiger partial charge in [-0.25, -0.2) is 15.0 Å². The molecule has 7 nitrogen and oxygen atoms in total. The number of aromatic nitrogens is 4. The Hall–Kier alpha value is -2.61. The lowest BCUT2D eigenvalue weighted by atomic mass is 9.79. The van der Waals surface area contributed by atoms with Gasteiger partial charge in [0.2, 0.25) is 0 Å². The molecule has 0 amide bonds. The molecule has 3 unspecified atom stereocenters. The zero-order valence-corrected chi connectivity index (χ0v) is 19.1. The molecule has 0 saturated heterocycles. The first kappa shape index (κ1) is 21.6. The number of H-pyrrole nitrogens is 1. The van der Waals surface area contributed by atoms with Gasteiger partial charge in [0.15, 0.2) is 11.5 Å². The lowest BCUT2D eigenvalue weighted by molar-refractivity contribution is 0.118. The molecule has 1 aliphatic rings. The molecule has 2 aromatic heterocycles. The van der Waals surface area contributed by atoms with Crippen molar-refractivity contribution >= 4 is 45.8 Å². The number of allylic oxidation sites excluding steroid dienone is 2. The highest BCUT2D eigenvalue weighted by Crippen LogP contribution is 2.46. The number of imidazole rings is 1. The molecular weight excluding hydrogens is 437 g/mol. The van der Waals surface area contributed by atoms with Crippen LogP contribution in [0.4, 0.5) is 5.82 Å². The largest absolute Gasteiger partial charge is 0.497 e. The second-order valence-corrected chi connectivity index (χ2v) is 8.45. The molecule has 2 N–H and O–H groups in total. The Bertz CT molecular complexity index is 1160. The van der Waals surface area contributed by atoms with E-state index in [1.807, 2.05) is 44.2 Å². The Morgan fingerprint density at radius 2 is 1.90 bits per heavy atom. The number of hydrogen-bond acceptors (Lipinski definition) is 6. The van der Waals surface area contributed by atoms with Crippen molar-refractivity contribution in [3.63, 3.8) is 0 Å². The third kappa shape index (κ3) is 3.78. The van der Waals surface area contributed by atoms with E-state index in [0.717, 1.165) is 22.5 Å². The molecule has 1 aliphatic carbocycles. The number of nitrogens with zero attached hydrogens (tertiary/aromatic N) is 3. The third-order valence-electron chi connectivity index (χ3n) is 5.65. The van der Waals surface area contributed by atoms with E-state index < -0.39 is 11.0 Å². The van der Waals surface area contributed by atoms with E-state index in [4.69, 9.17) is 32.7 Å². The number of rotatable bonds is 6. The SMILES string of the molecule is COc1ccc(C2=C(C)C(Cl)=CC(Cl)(C(C)Nc3ncnc4nc[nH]c34)C2OC)cc1. The van der Waals surface area contributed by atoms with Crippen LogP contribution in [0.15, 0.2) is 53.6 Å². The van der Waals surface area contributed by atoms with E-state index in [9.17, 15) is 0 Å². The lowest BCUT2D eigenvalue weighted by Crippen LogP contribution is -2.51. The summed E-state index contributed by atoms with van der Waals surface area (Å²) in [5, 5.41) is 3.97. The van der Waals surface area contributed by atoms with E-state index in [-0.39, 0.29) is 6.04 Å². The highest BCUT2D eigenvalue weighted by molar-refractivity contribution is 6.35. The summed E-state index contributed by atoms with van der Waals surface area (Å²) in [6, 6.07) is 7.46. The van der Waals surface area contributed by atoms with E-state index >= 15 is 0 Å². The zero-order valence-electron chi connectivity index (χ0n) is 17.6. The topological polar surface area (TPSA) is 85.0 Å². The van der Waals surface area contributed by atoms with Crippen molar-refractivity contribution in [3.05, 3.63) is 59.2 Å². The van der Waals surface area contributed by atoms with E-state index in [1.165, 1.54) is 6.33 Å². The summed E-state index contributed by atoms with van der Waals surface area (Å²) < 4.78 is 11.3. The third-order valence-corrected chi connectivity index (χ3v) is 6.68. The fraction of sp³-hybridized carbons (Fsp3) is 0.318. The number of hydrogen-bond donors (Lipinski definition) is 2. The standard InChI is InChI=1S/C22H23Cl2N5O2/c1-12-16(23)9-22(24,13(2)29-21-18-20(26-10-25-18)27-11-28-21)19(31-4)17(12)14-5-7-15(30-3)8-6-14/h5-11,13,19H,1-4H3,(H2,25,26,27,28,29). The molecule has 3 atom stereocenters. The molecular formula is C22H23Cl2N5O2. The van der Waals surface area contributed by atoms with Crippen LogP contribution in [0.1, 0.15) is 19.4 Å². The summed E-state index contributed by atoms with van der Waals surface area (Å²) in [5.74, 6) is 1.37. The highest BCUT2D eigenvalue weighted by atomic mass is 35.5. The number of aromatic amines is 1. The van der Waals surface area contributed by atoms with Crippen molar-refractivity contribution in [2.75, 3.05) is 19.5 Å². The predicted octanol–water partition coefficient (Wildman–Crippen LogP) is 4.76. The molecule has 2 heterocycles. The maximum absolute atomic E-state index is 7.25. The molecule has 1 aromatic carbocycles. The molecule has 162 valence electrons. The maximum Gasteiger partial charge on any atom is 0.182 e. The van der Waals surface area contributed by atoms with Gasteiger partial charge in [-0.05, 0) is 48.8 Å². The Labute approximate surface area is 190 Å². The summed E-state index contributed by atoms with van der Waals surface area (Å²) in [4.78, 5) is 14.8. The van der Waals surface area contributed by atoms with Gasteiger partial charge in [-0.2, -0.15) is 0 Å². The van der Waals surface area contributed by atoms with Gasteiger partial charge >= 0.3 is 0 Å². The first-order valence-corrected chi connectivity index (χ1v) is 10.5. The van der Waals surface area contributed by atoms with Crippen molar-refractivity contribution in [2.45, 2.75) is 30.9 Å². The van der Waals surface area contributed by atoms with E-state index in [2.05, 4.69) is 25.3 Å². The molecule has 0 bridgehead atoms. The average molecular weight is 460 g/mol. The Balaban J connectivity index is 1.73. The van der Waals surface area contributed by atoms with Gasteiger partial charge in [-0.1, -0.05) is 23.7 Å².